The van der Waals surface area contributed by atoms with Crippen LogP contribution in [0.3, 0.4) is 0 Å². The lowest BCUT2D eigenvalue weighted by molar-refractivity contribution is 0.122. The molecule has 104 valence electrons. The summed E-state index contributed by atoms with van der Waals surface area (Å²) in [6, 6.07) is 6.74. The van der Waals surface area contributed by atoms with E-state index in [4.69, 9.17) is 9.47 Å². The maximum atomic E-state index is 12.2. The van der Waals surface area contributed by atoms with Crippen LogP contribution in [0.2, 0.25) is 0 Å². The lowest BCUT2D eigenvalue weighted by Crippen LogP contribution is -2.41. The Morgan fingerprint density at radius 3 is 2.80 bits per heavy atom. The number of methoxy groups -OCH3 is 1. The SMILES string of the molecule is COc1ccc2c(c1)C=CC(C#N)N2C(=O)OC(C)C. The van der Waals surface area contributed by atoms with E-state index in [1.807, 2.05) is 12.1 Å². The van der Waals surface area contributed by atoms with Gasteiger partial charge in [0.1, 0.15) is 11.8 Å². The molecule has 1 amide bonds. The quantitative estimate of drug-likeness (QED) is 0.830. The van der Waals surface area contributed by atoms with Crippen molar-refractivity contribution in [2.75, 3.05) is 12.0 Å². The van der Waals surface area contributed by atoms with Crippen molar-refractivity contribution in [3.05, 3.63) is 29.8 Å². The molecule has 2 rings (SSSR count). The number of nitrogens with zero attached hydrogens (tertiary/aromatic N) is 2. The molecule has 5 heteroatoms. The molecule has 0 fully saturated rings. The Balaban J connectivity index is 2.42. The third-order valence-corrected chi connectivity index (χ3v) is 2.90. The maximum Gasteiger partial charge on any atom is 0.415 e. The fourth-order valence-electron chi connectivity index (χ4n) is 2.01. The first-order chi connectivity index (χ1) is 9.56. The molecule has 0 N–H and O–H groups in total. The average Bonchev–Trinajstić information content (AvgIpc) is 2.44. The van der Waals surface area contributed by atoms with Crippen LogP contribution in [0.1, 0.15) is 19.4 Å². The molecule has 1 aromatic rings. The number of nitriles is 1. The van der Waals surface area contributed by atoms with E-state index in [2.05, 4.69) is 6.07 Å². The average molecular weight is 272 g/mol. The second-order valence-corrected chi connectivity index (χ2v) is 4.66. The summed E-state index contributed by atoms with van der Waals surface area (Å²) in [4.78, 5) is 13.5. The van der Waals surface area contributed by atoms with Gasteiger partial charge < -0.3 is 9.47 Å². The Morgan fingerprint density at radius 2 is 2.20 bits per heavy atom. The van der Waals surface area contributed by atoms with Crippen molar-refractivity contribution in [1.82, 2.24) is 0 Å². The largest absolute Gasteiger partial charge is 0.497 e. The molecular weight excluding hydrogens is 256 g/mol. The van der Waals surface area contributed by atoms with Gasteiger partial charge in [0.15, 0.2) is 0 Å². The standard InChI is InChI=1S/C15H16N2O3/c1-10(2)20-15(18)17-12(9-16)5-4-11-8-13(19-3)6-7-14(11)17/h4-8,10,12H,1-3H3. The first-order valence-electron chi connectivity index (χ1n) is 6.32. The molecule has 0 saturated heterocycles. The molecule has 0 saturated carbocycles. The van der Waals surface area contributed by atoms with Gasteiger partial charge in [-0.15, -0.1) is 0 Å². The molecule has 0 radical (unpaired) electrons. The molecule has 0 aliphatic carbocycles. The Labute approximate surface area is 118 Å². The molecule has 0 spiro atoms. The van der Waals surface area contributed by atoms with Crippen LogP contribution in [0.25, 0.3) is 6.08 Å². The van der Waals surface area contributed by atoms with Gasteiger partial charge in [0.2, 0.25) is 0 Å². The fourth-order valence-corrected chi connectivity index (χ4v) is 2.01. The second kappa shape index (κ2) is 5.66. The van der Waals surface area contributed by atoms with Crippen LogP contribution in [0.15, 0.2) is 24.3 Å². The number of anilines is 1. The van der Waals surface area contributed by atoms with Crippen molar-refractivity contribution in [1.29, 1.82) is 5.26 Å². The first-order valence-corrected chi connectivity index (χ1v) is 6.32. The normalized spacial score (nSPS) is 16.6. The van der Waals surface area contributed by atoms with Gasteiger partial charge in [-0.3, -0.25) is 4.90 Å². The molecule has 1 aliphatic rings. The van der Waals surface area contributed by atoms with Gasteiger partial charge in [0, 0.05) is 5.56 Å². The second-order valence-electron chi connectivity index (χ2n) is 4.66. The zero-order valence-electron chi connectivity index (χ0n) is 11.7. The van der Waals surface area contributed by atoms with E-state index < -0.39 is 12.1 Å². The summed E-state index contributed by atoms with van der Waals surface area (Å²) in [7, 11) is 1.58. The van der Waals surface area contributed by atoms with E-state index in [0.717, 1.165) is 5.56 Å². The highest BCUT2D eigenvalue weighted by Gasteiger charge is 2.30. The highest BCUT2D eigenvalue weighted by Crippen LogP contribution is 2.32. The molecule has 5 nitrogen and oxygen atoms in total. The van der Waals surface area contributed by atoms with Gasteiger partial charge in [-0.1, -0.05) is 6.08 Å². The van der Waals surface area contributed by atoms with Crippen LogP contribution in [0, 0.1) is 11.3 Å². The summed E-state index contributed by atoms with van der Waals surface area (Å²) < 4.78 is 10.4. The minimum Gasteiger partial charge on any atom is -0.497 e. The van der Waals surface area contributed by atoms with Crippen LogP contribution in [0.4, 0.5) is 10.5 Å². The van der Waals surface area contributed by atoms with Crippen LogP contribution in [0.5, 0.6) is 5.75 Å². The molecule has 20 heavy (non-hydrogen) atoms. The molecule has 1 unspecified atom stereocenters. The number of carbonyl (C=O) groups excluding carboxylic acids is 1. The highest BCUT2D eigenvalue weighted by molar-refractivity contribution is 5.94. The topological polar surface area (TPSA) is 62.6 Å². The first kappa shape index (κ1) is 13.9. The third-order valence-electron chi connectivity index (χ3n) is 2.90. The highest BCUT2D eigenvalue weighted by atomic mass is 16.6. The molecule has 1 atom stereocenters. The summed E-state index contributed by atoms with van der Waals surface area (Å²) in [5, 5.41) is 9.20. The predicted molar refractivity (Wildman–Crippen MR) is 75.5 cm³/mol. The third kappa shape index (κ3) is 2.59. The van der Waals surface area contributed by atoms with Crippen LogP contribution in [-0.4, -0.2) is 25.3 Å². The van der Waals surface area contributed by atoms with E-state index >= 15 is 0 Å². The van der Waals surface area contributed by atoms with Crippen molar-refractivity contribution < 1.29 is 14.3 Å². The summed E-state index contributed by atoms with van der Waals surface area (Å²) in [6.07, 6.45) is 2.71. The Morgan fingerprint density at radius 1 is 1.45 bits per heavy atom. The van der Waals surface area contributed by atoms with Gasteiger partial charge in [0.05, 0.1) is 25.0 Å². The lowest BCUT2D eigenvalue weighted by atomic mass is 10.0. The van der Waals surface area contributed by atoms with Crippen LogP contribution < -0.4 is 9.64 Å². The predicted octanol–water partition coefficient (Wildman–Crippen LogP) is 2.97. The molecule has 0 aromatic heterocycles. The Hall–Kier alpha value is -2.48. The minimum atomic E-state index is -0.665. The van der Waals surface area contributed by atoms with E-state index in [0.29, 0.717) is 11.4 Å². The van der Waals surface area contributed by atoms with Crippen molar-refractivity contribution >= 4 is 17.9 Å². The van der Waals surface area contributed by atoms with Gasteiger partial charge >= 0.3 is 6.09 Å². The van der Waals surface area contributed by atoms with Crippen molar-refractivity contribution in [2.24, 2.45) is 0 Å². The summed E-state index contributed by atoms with van der Waals surface area (Å²) in [5.74, 6) is 0.695. The van der Waals surface area contributed by atoms with Crippen LogP contribution in [-0.2, 0) is 4.74 Å². The number of carbonyl (C=O) groups is 1. The Bertz CT molecular complexity index is 587. The minimum absolute atomic E-state index is 0.241. The lowest BCUT2D eigenvalue weighted by Gasteiger charge is -2.30. The van der Waals surface area contributed by atoms with E-state index in [1.54, 1.807) is 39.2 Å². The zero-order valence-corrected chi connectivity index (χ0v) is 11.7. The van der Waals surface area contributed by atoms with Gasteiger partial charge in [0.25, 0.3) is 0 Å². The summed E-state index contributed by atoms with van der Waals surface area (Å²) in [5.41, 5.74) is 1.46. The van der Waals surface area contributed by atoms with Crippen molar-refractivity contribution in [3.63, 3.8) is 0 Å². The number of ether oxygens (including phenoxy) is 2. The van der Waals surface area contributed by atoms with Crippen molar-refractivity contribution in [3.8, 4) is 11.8 Å². The molecule has 1 aliphatic heterocycles. The van der Waals surface area contributed by atoms with E-state index in [1.165, 1.54) is 4.90 Å². The van der Waals surface area contributed by atoms with E-state index in [9.17, 15) is 10.1 Å². The number of hydrogen-bond donors (Lipinski definition) is 0. The number of benzene rings is 1. The van der Waals surface area contributed by atoms with Gasteiger partial charge in [-0.2, -0.15) is 5.26 Å². The monoisotopic (exact) mass is 272 g/mol. The van der Waals surface area contributed by atoms with Gasteiger partial charge in [-0.25, -0.2) is 4.79 Å². The molecule has 1 aromatic carbocycles. The maximum absolute atomic E-state index is 12.2. The smallest absolute Gasteiger partial charge is 0.415 e. The number of hydrogen-bond acceptors (Lipinski definition) is 4. The fraction of sp³-hybridized carbons (Fsp3) is 0.333. The Kier molecular flexibility index (Phi) is 3.94. The van der Waals surface area contributed by atoms with Crippen LogP contribution >= 0.6 is 0 Å². The van der Waals surface area contributed by atoms with Gasteiger partial charge in [-0.05, 0) is 38.1 Å². The molecule has 1 heterocycles. The molecular formula is C15H16N2O3. The summed E-state index contributed by atoms with van der Waals surface area (Å²) >= 11 is 0. The van der Waals surface area contributed by atoms with E-state index in [-0.39, 0.29) is 6.10 Å². The number of amides is 1. The zero-order chi connectivity index (χ0) is 14.7. The summed E-state index contributed by atoms with van der Waals surface area (Å²) in [6.45, 7) is 3.54. The number of fused-ring (bicyclic) bond motifs is 1. The number of rotatable bonds is 2. The molecule has 0 bridgehead atoms. The van der Waals surface area contributed by atoms with Crippen molar-refractivity contribution in [2.45, 2.75) is 26.0 Å².